The second kappa shape index (κ2) is 4.61. The van der Waals surface area contributed by atoms with Gasteiger partial charge in [-0.15, -0.1) is 0 Å². The first-order chi connectivity index (χ1) is 7.77. The second-order valence-electron chi connectivity index (χ2n) is 3.21. The Kier molecular flexibility index (Phi) is 3.00. The summed E-state index contributed by atoms with van der Waals surface area (Å²) in [6.07, 6.45) is 0. The smallest absolute Gasteiger partial charge is 0.148 e. The monoisotopic (exact) mass is 220 g/mol. The van der Waals surface area contributed by atoms with Crippen molar-refractivity contribution in [2.45, 2.75) is 0 Å². The van der Waals surface area contributed by atoms with Crippen LogP contribution in [0.1, 0.15) is 0 Å². The molecule has 0 atom stereocenters. The molecule has 0 saturated carbocycles. The van der Waals surface area contributed by atoms with Crippen molar-refractivity contribution >= 4 is 11.4 Å². The molecule has 0 spiro atoms. The molecule has 16 heavy (non-hydrogen) atoms. The number of hydrazine groups is 1. The number of halogens is 2. The highest BCUT2D eigenvalue weighted by Crippen LogP contribution is 2.15. The number of hydrogen-bond donors (Lipinski definition) is 2. The Labute approximate surface area is 91.9 Å². The molecule has 0 bridgehead atoms. The van der Waals surface area contributed by atoms with E-state index >= 15 is 0 Å². The highest BCUT2D eigenvalue weighted by Gasteiger charge is 2.01. The summed E-state index contributed by atoms with van der Waals surface area (Å²) in [7, 11) is 0. The molecule has 0 radical (unpaired) electrons. The van der Waals surface area contributed by atoms with Gasteiger partial charge in [-0.2, -0.15) is 0 Å². The highest BCUT2D eigenvalue weighted by atomic mass is 19.1. The van der Waals surface area contributed by atoms with Crippen LogP contribution in [0.25, 0.3) is 0 Å². The van der Waals surface area contributed by atoms with Crippen LogP contribution in [0.5, 0.6) is 0 Å². The van der Waals surface area contributed by atoms with Crippen LogP contribution in [0.15, 0.2) is 48.5 Å². The predicted molar refractivity (Wildman–Crippen MR) is 60.0 cm³/mol. The molecule has 0 aliphatic heterocycles. The maximum absolute atomic E-state index is 13.2. The number of benzene rings is 2. The highest BCUT2D eigenvalue weighted by molar-refractivity contribution is 5.53. The van der Waals surface area contributed by atoms with E-state index in [0.717, 1.165) is 0 Å². The molecule has 2 aromatic rings. The minimum atomic E-state index is -0.397. The van der Waals surface area contributed by atoms with Crippen LogP contribution in [-0.4, -0.2) is 0 Å². The molecule has 0 amide bonds. The van der Waals surface area contributed by atoms with Gasteiger partial charge in [0.25, 0.3) is 0 Å². The summed E-state index contributed by atoms with van der Waals surface area (Å²) in [5.74, 6) is -0.794. The minimum absolute atomic E-state index is 0.269. The molecule has 2 rings (SSSR count). The Balaban J connectivity index is 2.09. The standard InChI is InChI=1S/C12H10F2N2/c13-9-5-1-3-7-11(9)15-16-12-8-4-2-6-10(12)14/h1-8,15-16H. The van der Waals surface area contributed by atoms with Crippen molar-refractivity contribution in [1.82, 2.24) is 0 Å². The van der Waals surface area contributed by atoms with E-state index in [1.165, 1.54) is 12.1 Å². The first-order valence-electron chi connectivity index (χ1n) is 4.78. The quantitative estimate of drug-likeness (QED) is 0.774. The third-order valence-corrected chi connectivity index (χ3v) is 2.08. The lowest BCUT2D eigenvalue weighted by Crippen LogP contribution is -2.10. The molecule has 2 aromatic carbocycles. The van der Waals surface area contributed by atoms with Crippen molar-refractivity contribution in [2.24, 2.45) is 0 Å². The lowest BCUT2D eigenvalue weighted by molar-refractivity contribution is 0.627. The van der Waals surface area contributed by atoms with Crippen molar-refractivity contribution in [3.63, 3.8) is 0 Å². The van der Waals surface area contributed by atoms with Gasteiger partial charge in [0.2, 0.25) is 0 Å². The van der Waals surface area contributed by atoms with Crippen LogP contribution in [0.2, 0.25) is 0 Å². The van der Waals surface area contributed by atoms with Crippen molar-refractivity contribution < 1.29 is 8.78 Å². The van der Waals surface area contributed by atoms with E-state index in [2.05, 4.69) is 10.9 Å². The molecule has 0 saturated heterocycles. The van der Waals surface area contributed by atoms with Gasteiger partial charge in [-0.1, -0.05) is 24.3 Å². The number of nitrogens with one attached hydrogen (secondary N) is 2. The zero-order valence-electron chi connectivity index (χ0n) is 8.37. The summed E-state index contributed by atoms with van der Waals surface area (Å²) in [6.45, 7) is 0. The van der Waals surface area contributed by atoms with E-state index in [9.17, 15) is 8.78 Å². The topological polar surface area (TPSA) is 24.1 Å². The van der Waals surface area contributed by atoms with Gasteiger partial charge in [-0.3, -0.25) is 10.9 Å². The number of anilines is 2. The summed E-state index contributed by atoms with van der Waals surface area (Å²) in [5, 5.41) is 0. The molecule has 4 heteroatoms. The third kappa shape index (κ3) is 2.28. The van der Waals surface area contributed by atoms with E-state index in [1.807, 2.05) is 0 Å². The fourth-order valence-electron chi connectivity index (χ4n) is 1.26. The van der Waals surface area contributed by atoms with E-state index in [-0.39, 0.29) is 11.4 Å². The van der Waals surface area contributed by atoms with Crippen molar-refractivity contribution in [3.05, 3.63) is 60.2 Å². The van der Waals surface area contributed by atoms with Crippen molar-refractivity contribution in [2.75, 3.05) is 10.9 Å². The number of hydrogen-bond acceptors (Lipinski definition) is 2. The molecule has 0 aliphatic carbocycles. The summed E-state index contributed by atoms with van der Waals surface area (Å²) < 4.78 is 26.4. The van der Waals surface area contributed by atoms with Crippen molar-refractivity contribution in [1.29, 1.82) is 0 Å². The third-order valence-electron chi connectivity index (χ3n) is 2.08. The van der Waals surface area contributed by atoms with E-state index < -0.39 is 11.6 Å². The maximum Gasteiger partial charge on any atom is 0.148 e. The molecule has 0 fully saturated rings. The van der Waals surface area contributed by atoms with Gasteiger partial charge in [0.05, 0.1) is 11.4 Å². The van der Waals surface area contributed by atoms with E-state index in [1.54, 1.807) is 36.4 Å². The molecule has 0 unspecified atom stereocenters. The molecule has 0 aliphatic rings. The van der Waals surface area contributed by atoms with Crippen LogP contribution in [0.3, 0.4) is 0 Å². The Morgan fingerprint density at radius 2 is 1.00 bits per heavy atom. The number of rotatable bonds is 3. The first-order valence-corrected chi connectivity index (χ1v) is 4.78. The molecular formula is C12H10F2N2. The lowest BCUT2D eigenvalue weighted by atomic mass is 10.3. The average Bonchev–Trinajstić information content (AvgIpc) is 2.30. The van der Waals surface area contributed by atoms with Crippen LogP contribution in [0.4, 0.5) is 20.2 Å². The Bertz CT molecular complexity index is 440. The average molecular weight is 220 g/mol. The fraction of sp³-hybridized carbons (Fsp3) is 0. The lowest BCUT2D eigenvalue weighted by Gasteiger charge is -2.10. The van der Waals surface area contributed by atoms with Gasteiger partial charge >= 0.3 is 0 Å². The van der Waals surface area contributed by atoms with E-state index in [4.69, 9.17) is 0 Å². The Morgan fingerprint density at radius 1 is 0.625 bits per heavy atom. The van der Waals surface area contributed by atoms with Gasteiger partial charge in [-0.05, 0) is 24.3 Å². The largest absolute Gasteiger partial charge is 0.298 e. The van der Waals surface area contributed by atoms with Crippen LogP contribution in [-0.2, 0) is 0 Å². The molecule has 0 heterocycles. The second-order valence-corrected chi connectivity index (χ2v) is 3.21. The Morgan fingerprint density at radius 3 is 1.38 bits per heavy atom. The Hall–Kier alpha value is -2.10. The minimum Gasteiger partial charge on any atom is -0.298 e. The number of para-hydroxylation sites is 2. The summed E-state index contributed by atoms with van der Waals surface area (Å²) in [4.78, 5) is 0. The maximum atomic E-state index is 13.2. The van der Waals surface area contributed by atoms with Gasteiger partial charge in [0.1, 0.15) is 11.6 Å². The van der Waals surface area contributed by atoms with Gasteiger partial charge in [0, 0.05) is 0 Å². The molecular weight excluding hydrogens is 210 g/mol. The normalized spacial score (nSPS) is 9.88. The van der Waals surface area contributed by atoms with Crippen LogP contribution >= 0.6 is 0 Å². The van der Waals surface area contributed by atoms with Crippen LogP contribution < -0.4 is 10.9 Å². The molecule has 0 aromatic heterocycles. The summed E-state index contributed by atoms with van der Waals surface area (Å²) in [5.41, 5.74) is 5.75. The van der Waals surface area contributed by atoms with Crippen molar-refractivity contribution in [3.8, 4) is 0 Å². The van der Waals surface area contributed by atoms with Gasteiger partial charge in [-0.25, -0.2) is 8.78 Å². The summed E-state index contributed by atoms with van der Waals surface area (Å²) >= 11 is 0. The predicted octanol–water partition coefficient (Wildman–Crippen LogP) is 3.40. The fourth-order valence-corrected chi connectivity index (χ4v) is 1.26. The zero-order valence-corrected chi connectivity index (χ0v) is 8.37. The van der Waals surface area contributed by atoms with Crippen LogP contribution in [0, 0.1) is 11.6 Å². The van der Waals surface area contributed by atoms with Gasteiger partial charge < -0.3 is 0 Å². The first kappa shape index (κ1) is 10.4. The zero-order chi connectivity index (χ0) is 11.4. The molecule has 82 valence electrons. The molecule has 2 nitrogen and oxygen atoms in total. The summed E-state index contributed by atoms with van der Waals surface area (Å²) in [6, 6.07) is 12.3. The molecule has 2 N–H and O–H groups in total. The SMILES string of the molecule is Fc1ccccc1NNc1ccccc1F. The van der Waals surface area contributed by atoms with E-state index in [0.29, 0.717) is 0 Å². The van der Waals surface area contributed by atoms with Gasteiger partial charge in [0.15, 0.2) is 0 Å².